The second-order valence-electron chi connectivity index (χ2n) is 17.1. The Morgan fingerprint density at radius 1 is 0.525 bits per heavy atom. The second kappa shape index (κ2) is 44.3. The fraction of sp³-hybridized carbons (Fsp3) is 0.712. The first-order valence-electron chi connectivity index (χ1n) is 24.3. The normalized spacial score (nSPS) is 14.4. The lowest BCUT2D eigenvalue weighted by Crippen LogP contribution is -2.37. The number of ether oxygens (including phenoxy) is 2. The highest BCUT2D eigenvalue weighted by atomic mass is 31.2. The zero-order valence-corrected chi connectivity index (χ0v) is 40.8. The number of carbonyl (C=O) groups excluding carboxylic acids is 1. The van der Waals surface area contributed by atoms with Crippen LogP contribution in [0.4, 0.5) is 0 Å². The molecule has 0 rings (SSSR count). The molecule has 61 heavy (non-hydrogen) atoms. The Bertz CT molecular complexity index is 1250. The quantitative estimate of drug-likeness (QED) is 0.0214. The van der Waals surface area contributed by atoms with E-state index in [4.69, 9.17) is 18.5 Å². The molecule has 0 aliphatic heterocycles. The van der Waals surface area contributed by atoms with Crippen molar-refractivity contribution in [2.24, 2.45) is 0 Å². The molecule has 9 heteroatoms. The first-order valence-corrected chi connectivity index (χ1v) is 25.8. The third kappa shape index (κ3) is 48.6. The summed E-state index contributed by atoms with van der Waals surface area (Å²) in [4.78, 5) is 23.0. The maximum absolute atomic E-state index is 12.7. The third-order valence-electron chi connectivity index (χ3n) is 9.94. The average Bonchev–Trinajstić information content (AvgIpc) is 3.22. The van der Waals surface area contributed by atoms with Crippen LogP contribution in [-0.2, 0) is 27.9 Å². The lowest BCUT2D eigenvalue weighted by atomic mass is 10.1. The van der Waals surface area contributed by atoms with Gasteiger partial charge in [0.1, 0.15) is 19.3 Å². The third-order valence-corrected chi connectivity index (χ3v) is 10.9. The summed E-state index contributed by atoms with van der Waals surface area (Å²) in [7, 11) is 1.62. The topological polar surface area (TPSA) is 91.3 Å². The Labute approximate surface area is 375 Å². The van der Waals surface area contributed by atoms with E-state index in [0.717, 1.165) is 64.2 Å². The van der Waals surface area contributed by atoms with Gasteiger partial charge >= 0.3 is 13.8 Å². The maximum atomic E-state index is 12.7. The summed E-state index contributed by atoms with van der Waals surface area (Å²) < 4.78 is 35.0. The van der Waals surface area contributed by atoms with E-state index in [2.05, 4.69) is 98.9 Å². The number of rotatable bonds is 44. The van der Waals surface area contributed by atoms with E-state index in [9.17, 15) is 14.3 Å². The number of esters is 1. The molecule has 0 saturated carbocycles. The molecule has 0 bridgehead atoms. The molecule has 1 N–H and O–H groups in total. The SMILES string of the molecule is CC/C=C\C/C=C\C/C=C\C/C=C\C/C=C\C/C=C\CCCCC(=O)OC(COCCCCCCCCCC/C=C\CCCCCCCC)COP(=O)(O)OCC[N+](C)(C)C. The van der Waals surface area contributed by atoms with Crippen molar-refractivity contribution in [2.75, 3.05) is 54.1 Å². The average molecular weight is 875 g/mol. The minimum atomic E-state index is -4.30. The molecule has 0 aliphatic carbocycles. The van der Waals surface area contributed by atoms with E-state index in [1.54, 1.807) is 0 Å². The molecule has 8 nitrogen and oxygen atoms in total. The van der Waals surface area contributed by atoms with Gasteiger partial charge in [0.15, 0.2) is 0 Å². The molecule has 0 radical (unpaired) electrons. The summed E-state index contributed by atoms with van der Waals surface area (Å²) in [6.07, 6.45) is 59.1. The van der Waals surface area contributed by atoms with E-state index < -0.39 is 13.9 Å². The van der Waals surface area contributed by atoms with Crippen LogP contribution in [0.1, 0.15) is 181 Å². The molecule has 0 aromatic heterocycles. The van der Waals surface area contributed by atoms with Crippen molar-refractivity contribution in [3.8, 4) is 0 Å². The van der Waals surface area contributed by atoms with Gasteiger partial charge in [-0.15, -0.1) is 0 Å². The van der Waals surface area contributed by atoms with Crippen LogP contribution in [0.5, 0.6) is 0 Å². The predicted octanol–water partition coefficient (Wildman–Crippen LogP) is 14.8. The molecule has 0 aromatic rings. The van der Waals surface area contributed by atoms with Crippen LogP contribution >= 0.6 is 7.82 Å². The van der Waals surface area contributed by atoms with E-state index in [0.29, 0.717) is 24.1 Å². The van der Waals surface area contributed by atoms with Crippen molar-refractivity contribution in [2.45, 2.75) is 187 Å². The Kier molecular flexibility index (Phi) is 42.6. The molecule has 0 heterocycles. The number of likely N-dealkylation sites (N-methyl/N-ethyl adjacent to an activating group) is 1. The van der Waals surface area contributed by atoms with Gasteiger partial charge in [-0.25, -0.2) is 4.57 Å². The number of allylic oxidation sites excluding steroid dienone is 14. The first kappa shape index (κ1) is 58.7. The Balaban J connectivity index is 4.30. The smallest absolute Gasteiger partial charge is 0.457 e. The standard InChI is InChI=1S/C52H92NO7P/c1-6-8-10-12-14-16-18-20-22-24-26-27-28-29-31-33-35-37-39-41-43-45-52(54)60-51(50-59-61(55,56)58-48-46-53(3,4)5)49-57-47-44-42-40-38-36-34-32-30-25-23-21-19-17-15-13-11-9-7-2/h8,10,14,16,20-23,26-27,29,31,35,37,51H,6-7,9,11-13,15,17-19,24-25,28,30,32-34,36,38-50H2,1-5H3/p+1/b10-8-,16-14-,22-20-,23-21-,27-26-,31-29-,37-35-. The zero-order chi connectivity index (χ0) is 44.8. The summed E-state index contributed by atoms with van der Waals surface area (Å²) in [6, 6.07) is 0. The Hall–Kier alpha value is -2.32. The lowest BCUT2D eigenvalue weighted by molar-refractivity contribution is -0.870. The molecule has 2 unspecified atom stereocenters. The monoisotopic (exact) mass is 875 g/mol. The van der Waals surface area contributed by atoms with Gasteiger partial charge in [0, 0.05) is 13.0 Å². The van der Waals surface area contributed by atoms with Gasteiger partial charge in [-0.2, -0.15) is 0 Å². The molecule has 0 fully saturated rings. The largest absolute Gasteiger partial charge is 0.472 e. The van der Waals surface area contributed by atoms with E-state index in [1.807, 2.05) is 21.1 Å². The van der Waals surface area contributed by atoms with Gasteiger partial charge in [-0.3, -0.25) is 13.8 Å². The van der Waals surface area contributed by atoms with Gasteiger partial charge in [-0.1, -0.05) is 170 Å². The van der Waals surface area contributed by atoms with Crippen molar-refractivity contribution in [1.82, 2.24) is 0 Å². The molecular formula is C52H93NO7P+. The molecule has 352 valence electrons. The van der Waals surface area contributed by atoms with Gasteiger partial charge < -0.3 is 18.9 Å². The predicted molar refractivity (Wildman–Crippen MR) is 261 cm³/mol. The van der Waals surface area contributed by atoms with Crippen LogP contribution in [0.2, 0.25) is 0 Å². The number of hydrogen-bond acceptors (Lipinski definition) is 6. The number of unbranched alkanes of at least 4 members (excludes halogenated alkanes) is 16. The minimum absolute atomic E-state index is 0.0751. The van der Waals surface area contributed by atoms with E-state index >= 15 is 0 Å². The van der Waals surface area contributed by atoms with Crippen molar-refractivity contribution in [3.05, 3.63) is 85.1 Å². The Morgan fingerprint density at radius 3 is 1.44 bits per heavy atom. The van der Waals surface area contributed by atoms with Gasteiger partial charge in [0.05, 0.1) is 34.4 Å². The molecule has 0 amide bonds. The van der Waals surface area contributed by atoms with Crippen molar-refractivity contribution in [3.63, 3.8) is 0 Å². The molecule has 0 aromatic carbocycles. The molecule has 0 aliphatic rings. The van der Waals surface area contributed by atoms with E-state index in [-0.39, 0.29) is 32.2 Å². The van der Waals surface area contributed by atoms with Gasteiger partial charge in [0.25, 0.3) is 0 Å². The Morgan fingerprint density at radius 2 is 0.951 bits per heavy atom. The number of phosphoric ester groups is 1. The van der Waals surface area contributed by atoms with Crippen LogP contribution < -0.4 is 0 Å². The van der Waals surface area contributed by atoms with E-state index in [1.165, 1.54) is 89.9 Å². The number of hydrogen-bond donors (Lipinski definition) is 1. The highest BCUT2D eigenvalue weighted by Gasteiger charge is 2.26. The van der Waals surface area contributed by atoms with Crippen LogP contribution in [0.3, 0.4) is 0 Å². The maximum Gasteiger partial charge on any atom is 0.472 e. The van der Waals surface area contributed by atoms with Gasteiger partial charge in [0.2, 0.25) is 0 Å². The number of quaternary nitrogens is 1. The summed E-state index contributed by atoms with van der Waals surface area (Å²) in [5.74, 6) is -0.358. The molecule has 0 saturated heterocycles. The van der Waals surface area contributed by atoms with Crippen LogP contribution in [0, 0.1) is 0 Å². The summed E-state index contributed by atoms with van der Waals surface area (Å²) in [6.45, 7) is 5.43. The van der Waals surface area contributed by atoms with Crippen molar-refractivity contribution >= 4 is 13.8 Å². The van der Waals surface area contributed by atoms with Crippen molar-refractivity contribution in [1.29, 1.82) is 0 Å². The minimum Gasteiger partial charge on any atom is -0.457 e. The molecular weight excluding hydrogens is 782 g/mol. The first-order chi connectivity index (χ1) is 29.6. The number of phosphoric acid groups is 1. The second-order valence-corrected chi connectivity index (χ2v) is 18.6. The summed E-state index contributed by atoms with van der Waals surface area (Å²) >= 11 is 0. The lowest BCUT2D eigenvalue weighted by Gasteiger charge is -2.24. The zero-order valence-electron chi connectivity index (χ0n) is 39.9. The molecule has 2 atom stereocenters. The highest BCUT2D eigenvalue weighted by molar-refractivity contribution is 7.47. The molecule has 0 spiro atoms. The fourth-order valence-electron chi connectivity index (χ4n) is 6.20. The summed E-state index contributed by atoms with van der Waals surface area (Å²) in [5.41, 5.74) is 0. The van der Waals surface area contributed by atoms with Crippen LogP contribution in [0.15, 0.2) is 85.1 Å². The van der Waals surface area contributed by atoms with Gasteiger partial charge in [-0.05, 0) is 89.9 Å². The van der Waals surface area contributed by atoms with Crippen LogP contribution in [-0.4, -0.2) is 75.6 Å². The fourth-order valence-corrected chi connectivity index (χ4v) is 6.94. The highest BCUT2D eigenvalue weighted by Crippen LogP contribution is 2.43. The number of carbonyl (C=O) groups is 1. The number of nitrogens with zero attached hydrogens (tertiary/aromatic N) is 1. The van der Waals surface area contributed by atoms with Crippen LogP contribution in [0.25, 0.3) is 0 Å². The summed E-state index contributed by atoms with van der Waals surface area (Å²) in [5, 5.41) is 0. The van der Waals surface area contributed by atoms with Crippen molar-refractivity contribution < 1.29 is 37.3 Å².